The van der Waals surface area contributed by atoms with E-state index in [0.717, 1.165) is 16.4 Å². The number of hydrogen-bond donors (Lipinski definition) is 1. The molecule has 18 heavy (non-hydrogen) atoms. The Labute approximate surface area is 105 Å². The SMILES string of the molecule is CCS(=O)(=O)N(c1cccc(F)c1)C(C)C(=O)O. The summed E-state index contributed by atoms with van der Waals surface area (Å²) in [5.41, 5.74) is 0.00625. The molecule has 0 saturated heterocycles. The molecule has 1 atom stereocenters. The molecule has 1 N–H and O–H groups in total. The lowest BCUT2D eigenvalue weighted by Crippen LogP contribution is -2.44. The number of rotatable bonds is 5. The van der Waals surface area contributed by atoms with Crippen LogP contribution < -0.4 is 4.31 Å². The Morgan fingerprint density at radius 2 is 2.11 bits per heavy atom. The summed E-state index contributed by atoms with van der Waals surface area (Å²) in [7, 11) is -3.79. The summed E-state index contributed by atoms with van der Waals surface area (Å²) in [6.45, 7) is 2.64. The second-order valence-electron chi connectivity index (χ2n) is 3.69. The summed E-state index contributed by atoms with van der Waals surface area (Å²) >= 11 is 0. The van der Waals surface area contributed by atoms with Crippen LogP contribution in [0, 0.1) is 5.82 Å². The fraction of sp³-hybridized carbons (Fsp3) is 0.364. The number of nitrogens with zero attached hydrogens (tertiary/aromatic N) is 1. The van der Waals surface area contributed by atoms with Gasteiger partial charge in [-0.1, -0.05) is 6.07 Å². The van der Waals surface area contributed by atoms with Gasteiger partial charge in [0.05, 0.1) is 11.4 Å². The van der Waals surface area contributed by atoms with Crippen molar-refractivity contribution in [3.05, 3.63) is 30.1 Å². The highest BCUT2D eigenvalue weighted by atomic mass is 32.2. The van der Waals surface area contributed by atoms with Crippen LogP contribution in [0.2, 0.25) is 0 Å². The fourth-order valence-electron chi connectivity index (χ4n) is 1.48. The highest BCUT2D eigenvalue weighted by molar-refractivity contribution is 7.92. The van der Waals surface area contributed by atoms with E-state index in [1.54, 1.807) is 0 Å². The number of carboxylic acid groups (broad SMARTS) is 1. The van der Waals surface area contributed by atoms with E-state index in [9.17, 15) is 17.6 Å². The number of hydrogen-bond acceptors (Lipinski definition) is 3. The van der Waals surface area contributed by atoms with Gasteiger partial charge < -0.3 is 5.11 Å². The number of carbonyl (C=O) groups is 1. The number of halogens is 1. The zero-order chi connectivity index (χ0) is 13.9. The molecule has 0 fully saturated rings. The Bertz CT molecular complexity index is 544. The molecule has 1 unspecified atom stereocenters. The highest BCUT2D eigenvalue weighted by Gasteiger charge is 2.30. The fourth-order valence-corrected chi connectivity index (χ4v) is 2.76. The van der Waals surface area contributed by atoms with Gasteiger partial charge >= 0.3 is 5.97 Å². The molecule has 0 aliphatic heterocycles. The zero-order valence-corrected chi connectivity index (χ0v) is 10.8. The molecule has 1 aromatic rings. The van der Waals surface area contributed by atoms with Crippen molar-refractivity contribution in [2.45, 2.75) is 19.9 Å². The number of benzene rings is 1. The van der Waals surface area contributed by atoms with Crippen LogP contribution in [-0.2, 0) is 14.8 Å². The number of sulfonamides is 1. The maximum Gasteiger partial charge on any atom is 0.327 e. The number of aliphatic carboxylic acids is 1. The van der Waals surface area contributed by atoms with Gasteiger partial charge in [-0.25, -0.2) is 17.6 Å². The molecule has 0 amide bonds. The minimum absolute atomic E-state index is 0.00625. The zero-order valence-electron chi connectivity index (χ0n) is 10.00. The van der Waals surface area contributed by atoms with Gasteiger partial charge in [0.2, 0.25) is 10.0 Å². The Hall–Kier alpha value is -1.63. The van der Waals surface area contributed by atoms with Crippen LogP contribution in [0.4, 0.5) is 10.1 Å². The van der Waals surface area contributed by atoms with Gasteiger partial charge in [0.25, 0.3) is 0 Å². The van der Waals surface area contributed by atoms with Crippen LogP contribution in [-0.4, -0.2) is 31.3 Å². The third-order valence-corrected chi connectivity index (χ3v) is 4.29. The molecule has 1 rings (SSSR count). The first kappa shape index (κ1) is 14.4. The lowest BCUT2D eigenvalue weighted by Gasteiger charge is -2.27. The predicted molar refractivity (Wildman–Crippen MR) is 65.4 cm³/mol. The van der Waals surface area contributed by atoms with Crippen molar-refractivity contribution in [1.82, 2.24) is 0 Å². The van der Waals surface area contributed by atoms with E-state index in [1.165, 1.54) is 26.0 Å². The Kier molecular flexibility index (Phi) is 4.28. The molecule has 5 nitrogen and oxygen atoms in total. The third kappa shape index (κ3) is 2.98. The molecule has 0 aliphatic rings. The molecule has 100 valence electrons. The van der Waals surface area contributed by atoms with E-state index in [-0.39, 0.29) is 11.4 Å². The molecule has 1 aromatic carbocycles. The van der Waals surface area contributed by atoms with Crippen LogP contribution in [0.1, 0.15) is 13.8 Å². The molecule has 0 heterocycles. The first-order valence-corrected chi connectivity index (χ1v) is 6.91. The number of anilines is 1. The summed E-state index contributed by atoms with van der Waals surface area (Å²) in [5.74, 6) is -2.18. The van der Waals surface area contributed by atoms with Crippen LogP contribution in [0.25, 0.3) is 0 Å². The normalized spacial score (nSPS) is 13.1. The Balaban J connectivity index is 3.34. The van der Waals surface area contributed by atoms with Crippen LogP contribution >= 0.6 is 0 Å². The molecule has 0 aromatic heterocycles. The molecular formula is C11H14FNO4S. The maximum atomic E-state index is 13.1. The average molecular weight is 275 g/mol. The van der Waals surface area contributed by atoms with Crippen LogP contribution in [0.5, 0.6) is 0 Å². The summed E-state index contributed by atoms with van der Waals surface area (Å²) in [4.78, 5) is 11.0. The maximum absolute atomic E-state index is 13.1. The number of carboxylic acids is 1. The van der Waals surface area contributed by atoms with Crippen molar-refractivity contribution in [2.24, 2.45) is 0 Å². The largest absolute Gasteiger partial charge is 0.480 e. The quantitative estimate of drug-likeness (QED) is 0.882. The van der Waals surface area contributed by atoms with E-state index in [0.29, 0.717) is 0 Å². The summed E-state index contributed by atoms with van der Waals surface area (Å²) in [6.07, 6.45) is 0. The van der Waals surface area contributed by atoms with Crippen molar-refractivity contribution in [3.63, 3.8) is 0 Å². The lowest BCUT2D eigenvalue weighted by molar-refractivity contribution is -0.137. The highest BCUT2D eigenvalue weighted by Crippen LogP contribution is 2.22. The first-order chi connectivity index (χ1) is 8.29. The minimum Gasteiger partial charge on any atom is -0.480 e. The van der Waals surface area contributed by atoms with Gasteiger partial charge in [-0.05, 0) is 32.0 Å². The minimum atomic E-state index is -3.79. The molecule has 0 spiro atoms. The second-order valence-corrected chi connectivity index (χ2v) is 5.83. The van der Waals surface area contributed by atoms with Gasteiger partial charge in [-0.2, -0.15) is 0 Å². The van der Waals surface area contributed by atoms with Crippen molar-refractivity contribution in [3.8, 4) is 0 Å². The molecule has 0 bridgehead atoms. The van der Waals surface area contributed by atoms with Crippen molar-refractivity contribution < 1.29 is 22.7 Å². The van der Waals surface area contributed by atoms with Crippen molar-refractivity contribution >= 4 is 21.7 Å². The van der Waals surface area contributed by atoms with E-state index < -0.39 is 27.9 Å². The topological polar surface area (TPSA) is 74.7 Å². The van der Waals surface area contributed by atoms with Gasteiger partial charge in [0.1, 0.15) is 11.9 Å². The van der Waals surface area contributed by atoms with Gasteiger partial charge in [-0.3, -0.25) is 4.31 Å². The predicted octanol–water partition coefficient (Wildman–Crippen LogP) is 1.45. The summed E-state index contributed by atoms with van der Waals surface area (Å²) in [6, 6.07) is 3.54. The molecule has 0 radical (unpaired) electrons. The second kappa shape index (κ2) is 5.34. The third-order valence-electron chi connectivity index (χ3n) is 2.44. The summed E-state index contributed by atoms with van der Waals surface area (Å²) in [5, 5.41) is 8.94. The van der Waals surface area contributed by atoms with E-state index in [1.807, 2.05) is 0 Å². The Morgan fingerprint density at radius 3 is 2.56 bits per heavy atom. The van der Waals surface area contributed by atoms with E-state index in [2.05, 4.69) is 0 Å². The summed E-state index contributed by atoms with van der Waals surface area (Å²) < 4.78 is 37.6. The van der Waals surface area contributed by atoms with Gasteiger partial charge in [0, 0.05) is 0 Å². The molecule has 0 saturated carbocycles. The first-order valence-electron chi connectivity index (χ1n) is 5.30. The lowest BCUT2D eigenvalue weighted by atomic mass is 10.2. The molecule has 7 heteroatoms. The molecular weight excluding hydrogens is 261 g/mol. The smallest absolute Gasteiger partial charge is 0.327 e. The van der Waals surface area contributed by atoms with E-state index >= 15 is 0 Å². The van der Waals surface area contributed by atoms with Crippen molar-refractivity contribution in [1.29, 1.82) is 0 Å². The van der Waals surface area contributed by atoms with Crippen LogP contribution in [0.15, 0.2) is 24.3 Å². The average Bonchev–Trinajstić information content (AvgIpc) is 2.28. The monoisotopic (exact) mass is 275 g/mol. The van der Waals surface area contributed by atoms with Crippen LogP contribution in [0.3, 0.4) is 0 Å². The molecule has 0 aliphatic carbocycles. The van der Waals surface area contributed by atoms with Gasteiger partial charge in [0.15, 0.2) is 0 Å². The Morgan fingerprint density at radius 1 is 1.50 bits per heavy atom. The van der Waals surface area contributed by atoms with E-state index in [4.69, 9.17) is 5.11 Å². The standard InChI is InChI=1S/C11H14FNO4S/c1-3-18(16,17)13(8(2)11(14)15)10-6-4-5-9(12)7-10/h4-8H,3H2,1-2H3,(H,14,15). The van der Waals surface area contributed by atoms with Crippen molar-refractivity contribution in [2.75, 3.05) is 10.1 Å². The van der Waals surface area contributed by atoms with Gasteiger partial charge in [-0.15, -0.1) is 0 Å².